The van der Waals surface area contributed by atoms with E-state index >= 15 is 0 Å². The van der Waals surface area contributed by atoms with E-state index in [-0.39, 0.29) is 19.1 Å². The summed E-state index contributed by atoms with van der Waals surface area (Å²) in [4.78, 5) is 22.7. The number of amides is 1. The number of hydrogen-bond donors (Lipinski definition) is 3. The summed E-state index contributed by atoms with van der Waals surface area (Å²) in [5.41, 5.74) is -1.04. The highest BCUT2D eigenvalue weighted by Gasteiger charge is 2.20. The Labute approximate surface area is 114 Å². The van der Waals surface area contributed by atoms with Gasteiger partial charge in [0.15, 0.2) is 11.6 Å². The molecule has 20 heavy (non-hydrogen) atoms. The molecule has 0 aliphatic rings. The van der Waals surface area contributed by atoms with Gasteiger partial charge in [-0.1, -0.05) is 6.92 Å². The lowest BCUT2D eigenvalue weighted by Gasteiger charge is -2.12. The summed E-state index contributed by atoms with van der Waals surface area (Å²) in [6.07, 6.45) is 0.462. The van der Waals surface area contributed by atoms with E-state index in [1.165, 1.54) is 0 Å². The first kappa shape index (κ1) is 16.0. The molecule has 1 atom stereocenters. The van der Waals surface area contributed by atoms with Crippen LogP contribution < -0.4 is 5.32 Å². The van der Waals surface area contributed by atoms with Crippen LogP contribution in [0.1, 0.15) is 34.1 Å². The molecule has 0 fully saturated rings. The standard InChI is InChI=1S/C13H15F2NO4/c1-7(2-3-17)6-16-12(18)8-4-10(14)11(15)5-9(8)13(19)20/h4-5,7,17H,2-3,6H2,1H3,(H,16,18)(H,19,20). The molecule has 1 aromatic rings. The van der Waals surface area contributed by atoms with E-state index in [9.17, 15) is 18.4 Å². The van der Waals surface area contributed by atoms with E-state index in [1.54, 1.807) is 6.92 Å². The van der Waals surface area contributed by atoms with Crippen LogP contribution in [0, 0.1) is 17.6 Å². The predicted molar refractivity (Wildman–Crippen MR) is 66.5 cm³/mol. The van der Waals surface area contributed by atoms with Crippen molar-refractivity contribution in [1.29, 1.82) is 0 Å². The summed E-state index contributed by atoms with van der Waals surface area (Å²) in [6.45, 7) is 1.93. The first-order chi connectivity index (χ1) is 9.36. The number of carboxylic acids is 1. The minimum absolute atomic E-state index is 0.0254. The van der Waals surface area contributed by atoms with Crippen molar-refractivity contribution in [2.75, 3.05) is 13.2 Å². The second-order valence-electron chi connectivity index (χ2n) is 4.44. The first-order valence-electron chi connectivity index (χ1n) is 5.98. The maximum Gasteiger partial charge on any atom is 0.336 e. The molecule has 7 heteroatoms. The Morgan fingerprint density at radius 2 is 1.80 bits per heavy atom. The number of aliphatic hydroxyl groups excluding tert-OH is 1. The van der Waals surface area contributed by atoms with Crippen LogP contribution in [0.25, 0.3) is 0 Å². The maximum atomic E-state index is 13.1. The second kappa shape index (κ2) is 6.95. The third-order valence-corrected chi connectivity index (χ3v) is 2.77. The van der Waals surface area contributed by atoms with Gasteiger partial charge in [-0.2, -0.15) is 0 Å². The number of hydrogen-bond acceptors (Lipinski definition) is 3. The monoisotopic (exact) mass is 287 g/mol. The molecule has 1 amide bonds. The molecule has 0 aliphatic carbocycles. The molecule has 0 bridgehead atoms. The highest BCUT2D eigenvalue weighted by Crippen LogP contribution is 2.15. The first-order valence-corrected chi connectivity index (χ1v) is 5.98. The Bertz CT molecular complexity index is 519. The van der Waals surface area contributed by atoms with Crippen LogP contribution in [-0.4, -0.2) is 35.2 Å². The summed E-state index contributed by atoms with van der Waals surface area (Å²) < 4.78 is 26.1. The van der Waals surface area contributed by atoms with Crippen LogP contribution >= 0.6 is 0 Å². The molecule has 1 rings (SSSR count). The molecular formula is C13H15F2NO4. The number of benzene rings is 1. The molecule has 1 unspecified atom stereocenters. The lowest BCUT2D eigenvalue weighted by atomic mass is 10.1. The summed E-state index contributed by atoms with van der Waals surface area (Å²) >= 11 is 0. The minimum Gasteiger partial charge on any atom is -0.478 e. The van der Waals surface area contributed by atoms with E-state index in [0.29, 0.717) is 18.6 Å². The van der Waals surface area contributed by atoms with Crippen LogP contribution in [-0.2, 0) is 0 Å². The van der Waals surface area contributed by atoms with Crippen molar-refractivity contribution >= 4 is 11.9 Å². The Balaban J connectivity index is 2.92. The molecule has 0 saturated heterocycles. The van der Waals surface area contributed by atoms with Gasteiger partial charge < -0.3 is 15.5 Å². The molecule has 0 radical (unpaired) electrons. The Morgan fingerprint density at radius 3 is 2.30 bits per heavy atom. The number of carboxylic acid groups (broad SMARTS) is 1. The molecule has 0 saturated carbocycles. The third-order valence-electron chi connectivity index (χ3n) is 2.77. The highest BCUT2D eigenvalue weighted by molar-refractivity contribution is 6.04. The van der Waals surface area contributed by atoms with Gasteiger partial charge in [-0.15, -0.1) is 0 Å². The van der Waals surface area contributed by atoms with E-state index < -0.39 is 34.6 Å². The molecule has 3 N–H and O–H groups in total. The van der Waals surface area contributed by atoms with Gasteiger partial charge >= 0.3 is 5.97 Å². The number of halogens is 2. The van der Waals surface area contributed by atoms with Gasteiger partial charge in [-0.25, -0.2) is 13.6 Å². The zero-order valence-electron chi connectivity index (χ0n) is 10.8. The van der Waals surface area contributed by atoms with Gasteiger partial charge in [-0.05, 0) is 24.5 Å². The van der Waals surface area contributed by atoms with Gasteiger partial charge in [0.25, 0.3) is 5.91 Å². The lowest BCUT2D eigenvalue weighted by Crippen LogP contribution is -2.30. The van der Waals surface area contributed by atoms with Crippen molar-refractivity contribution in [2.24, 2.45) is 5.92 Å². The van der Waals surface area contributed by atoms with Crippen LogP contribution in [0.2, 0.25) is 0 Å². The molecule has 1 aromatic carbocycles. The lowest BCUT2D eigenvalue weighted by molar-refractivity contribution is 0.0690. The summed E-state index contributed by atoms with van der Waals surface area (Å²) in [7, 11) is 0. The average molecular weight is 287 g/mol. The van der Waals surface area contributed by atoms with Gasteiger partial charge in [0.2, 0.25) is 0 Å². The number of carbonyl (C=O) groups excluding carboxylic acids is 1. The number of aromatic carboxylic acids is 1. The van der Waals surface area contributed by atoms with E-state index in [2.05, 4.69) is 5.32 Å². The van der Waals surface area contributed by atoms with Crippen LogP contribution in [0.15, 0.2) is 12.1 Å². The van der Waals surface area contributed by atoms with Crippen molar-refractivity contribution < 1.29 is 28.6 Å². The third kappa shape index (κ3) is 3.99. The molecule has 0 aliphatic heterocycles. The fourth-order valence-electron chi connectivity index (χ4n) is 1.60. The fraction of sp³-hybridized carbons (Fsp3) is 0.385. The molecular weight excluding hydrogens is 272 g/mol. The van der Waals surface area contributed by atoms with Crippen LogP contribution in [0.3, 0.4) is 0 Å². The molecule has 0 aromatic heterocycles. The van der Waals surface area contributed by atoms with Gasteiger partial charge in [0, 0.05) is 13.2 Å². The normalized spacial score (nSPS) is 12.0. The van der Waals surface area contributed by atoms with Crippen molar-refractivity contribution in [3.8, 4) is 0 Å². The zero-order valence-corrected chi connectivity index (χ0v) is 10.8. The maximum absolute atomic E-state index is 13.1. The largest absolute Gasteiger partial charge is 0.478 e. The number of aliphatic hydroxyl groups is 1. The van der Waals surface area contributed by atoms with E-state index in [0.717, 1.165) is 0 Å². The SMILES string of the molecule is CC(CCO)CNC(=O)c1cc(F)c(F)cc1C(=O)O. The number of carbonyl (C=O) groups is 2. The van der Waals surface area contributed by atoms with Gasteiger partial charge in [-0.3, -0.25) is 4.79 Å². The molecule has 110 valence electrons. The average Bonchev–Trinajstić information content (AvgIpc) is 2.38. The van der Waals surface area contributed by atoms with Crippen LogP contribution in [0.4, 0.5) is 8.78 Å². The highest BCUT2D eigenvalue weighted by atomic mass is 19.2. The predicted octanol–water partition coefficient (Wildman–Crippen LogP) is 1.41. The fourth-order valence-corrected chi connectivity index (χ4v) is 1.60. The van der Waals surface area contributed by atoms with Crippen molar-refractivity contribution in [2.45, 2.75) is 13.3 Å². The quantitative estimate of drug-likeness (QED) is 0.738. The zero-order chi connectivity index (χ0) is 15.3. The van der Waals surface area contributed by atoms with E-state index in [1.807, 2.05) is 0 Å². The van der Waals surface area contributed by atoms with Crippen molar-refractivity contribution in [1.82, 2.24) is 5.32 Å². The van der Waals surface area contributed by atoms with E-state index in [4.69, 9.17) is 10.2 Å². The van der Waals surface area contributed by atoms with Crippen molar-refractivity contribution in [3.63, 3.8) is 0 Å². The summed E-state index contributed by atoms with van der Waals surface area (Å²) in [5, 5.41) is 20.0. The topological polar surface area (TPSA) is 86.6 Å². The minimum atomic E-state index is -1.52. The number of rotatable bonds is 6. The Hall–Kier alpha value is -2.02. The molecule has 0 heterocycles. The Kier molecular flexibility index (Phi) is 5.57. The molecule has 0 spiro atoms. The molecule has 5 nitrogen and oxygen atoms in total. The summed E-state index contributed by atoms with van der Waals surface area (Å²) in [5.74, 6) is -4.96. The second-order valence-corrected chi connectivity index (χ2v) is 4.44. The summed E-state index contributed by atoms with van der Waals surface area (Å²) in [6, 6.07) is 1.04. The van der Waals surface area contributed by atoms with Crippen LogP contribution in [0.5, 0.6) is 0 Å². The number of nitrogens with one attached hydrogen (secondary N) is 1. The van der Waals surface area contributed by atoms with Gasteiger partial charge in [0.1, 0.15) is 0 Å². The van der Waals surface area contributed by atoms with Crippen molar-refractivity contribution in [3.05, 3.63) is 34.9 Å². The Morgan fingerprint density at radius 1 is 1.25 bits per heavy atom. The smallest absolute Gasteiger partial charge is 0.336 e. The van der Waals surface area contributed by atoms with Gasteiger partial charge in [0.05, 0.1) is 11.1 Å².